The molecule has 2 aromatic heterocycles. The van der Waals surface area contributed by atoms with Crippen molar-refractivity contribution in [1.82, 2.24) is 0 Å². The molecule has 0 fully saturated rings. The first kappa shape index (κ1) is 15.9. The summed E-state index contributed by atoms with van der Waals surface area (Å²) in [7, 11) is 2.03. The summed E-state index contributed by atoms with van der Waals surface area (Å²) in [6.07, 6.45) is 8.36. The zero-order chi connectivity index (χ0) is 10.7. The van der Waals surface area contributed by atoms with Gasteiger partial charge >= 0.3 is 0 Å². The van der Waals surface area contributed by atoms with Crippen molar-refractivity contribution in [3.05, 3.63) is 49.1 Å². The summed E-state index contributed by atoms with van der Waals surface area (Å²) < 4.78 is 4.20. The average Bonchev–Trinajstić information content (AvgIpc) is 2.30. The highest BCUT2D eigenvalue weighted by Gasteiger charge is 2.02. The summed E-state index contributed by atoms with van der Waals surface area (Å²) in [6.45, 7) is 3.16. The van der Waals surface area contributed by atoms with Crippen molar-refractivity contribution < 1.29 is 33.9 Å². The largest absolute Gasteiger partial charge is 1.00 e. The zero-order valence-corrected chi connectivity index (χ0v) is 11.5. The second-order valence-corrected chi connectivity index (χ2v) is 3.67. The van der Waals surface area contributed by atoms with Gasteiger partial charge in [-0.1, -0.05) is 0 Å². The van der Waals surface area contributed by atoms with Gasteiger partial charge in [-0.05, 0) is 18.1 Å². The van der Waals surface area contributed by atoms with E-state index in [1.807, 2.05) is 11.6 Å². The lowest BCUT2D eigenvalue weighted by atomic mass is 10.1. The van der Waals surface area contributed by atoms with Gasteiger partial charge in [0.25, 0.3) is 0 Å². The van der Waals surface area contributed by atoms with Crippen LogP contribution in [0, 0.1) is 0 Å². The Morgan fingerprint density at radius 3 is 1.65 bits per heavy atom. The van der Waals surface area contributed by atoms with Gasteiger partial charge in [-0.25, -0.2) is 9.13 Å². The first-order valence-electron chi connectivity index (χ1n) is 5.24. The number of nitrogens with zero attached hydrogens (tertiary/aromatic N) is 2. The van der Waals surface area contributed by atoms with E-state index in [0.29, 0.717) is 0 Å². The molecule has 0 aliphatic carbocycles. The minimum absolute atomic E-state index is 0. The highest BCUT2D eigenvalue weighted by atomic mass is 35.5. The highest BCUT2D eigenvalue weighted by molar-refractivity contribution is 5.60. The SMILES string of the molecule is CC[n+]1ccc(-c2cc[n+](C)cc2)cc1.[Cl-].[Cl-]. The Kier molecular flexibility index (Phi) is 6.78. The van der Waals surface area contributed by atoms with Crippen LogP contribution < -0.4 is 33.9 Å². The van der Waals surface area contributed by atoms with Crippen LogP contribution >= 0.6 is 0 Å². The summed E-state index contributed by atoms with van der Waals surface area (Å²) in [5, 5.41) is 0. The molecule has 0 N–H and O–H groups in total. The molecule has 0 spiro atoms. The number of aromatic nitrogens is 2. The van der Waals surface area contributed by atoms with Gasteiger partial charge < -0.3 is 24.8 Å². The first-order valence-corrected chi connectivity index (χ1v) is 5.24. The molecule has 2 rings (SSSR count). The highest BCUT2D eigenvalue weighted by Crippen LogP contribution is 2.15. The van der Waals surface area contributed by atoms with Crippen LogP contribution in [0.1, 0.15) is 6.92 Å². The van der Waals surface area contributed by atoms with Crippen LogP contribution in [0.15, 0.2) is 49.1 Å². The van der Waals surface area contributed by atoms with E-state index >= 15 is 0 Å². The topological polar surface area (TPSA) is 7.76 Å². The third kappa shape index (κ3) is 3.99. The van der Waals surface area contributed by atoms with E-state index in [4.69, 9.17) is 0 Å². The summed E-state index contributed by atoms with van der Waals surface area (Å²) in [5.41, 5.74) is 2.52. The van der Waals surface area contributed by atoms with Crippen LogP contribution in [0.25, 0.3) is 11.1 Å². The van der Waals surface area contributed by atoms with Gasteiger partial charge in [-0.2, -0.15) is 0 Å². The Hall–Kier alpha value is -1.12. The van der Waals surface area contributed by atoms with Gasteiger partial charge in [0.1, 0.15) is 13.6 Å². The fourth-order valence-electron chi connectivity index (χ4n) is 1.55. The summed E-state index contributed by atoms with van der Waals surface area (Å²) >= 11 is 0. The first-order chi connectivity index (χ1) is 7.29. The summed E-state index contributed by atoms with van der Waals surface area (Å²) in [5.74, 6) is 0. The number of aryl methyl sites for hydroxylation is 2. The molecule has 0 aliphatic rings. The third-order valence-corrected chi connectivity index (χ3v) is 2.57. The van der Waals surface area contributed by atoms with Gasteiger partial charge in [0.15, 0.2) is 24.8 Å². The predicted molar refractivity (Wildman–Crippen MR) is 58.9 cm³/mol. The second-order valence-electron chi connectivity index (χ2n) is 3.67. The van der Waals surface area contributed by atoms with Gasteiger partial charge in [0, 0.05) is 24.3 Å². The van der Waals surface area contributed by atoms with Crippen LogP contribution in [0.3, 0.4) is 0 Å². The normalized spacial score (nSPS) is 9.06. The van der Waals surface area contributed by atoms with Crippen LogP contribution in [-0.2, 0) is 13.6 Å². The lowest BCUT2D eigenvalue weighted by Crippen LogP contribution is -3.00. The maximum Gasteiger partial charge on any atom is 0.169 e. The lowest BCUT2D eigenvalue weighted by molar-refractivity contribution is -0.693. The van der Waals surface area contributed by atoms with Crippen LogP contribution in [-0.4, -0.2) is 0 Å². The molecule has 0 unspecified atom stereocenters. The fourth-order valence-corrected chi connectivity index (χ4v) is 1.55. The Bertz CT molecular complexity index is 438. The molecule has 0 radical (unpaired) electrons. The quantitative estimate of drug-likeness (QED) is 0.487. The van der Waals surface area contributed by atoms with E-state index in [1.54, 1.807) is 0 Å². The molecule has 0 aromatic carbocycles. The smallest absolute Gasteiger partial charge is 0.169 e. The van der Waals surface area contributed by atoms with E-state index in [1.165, 1.54) is 11.1 Å². The molecular weight excluding hydrogens is 255 g/mol. The van der Waals surface area contributed by atoms with E-state index in [2.05, 4.69) is 60.5 Å². The molecule has 0 bridgehead atoms. The molecule has 4 heteroatoms. The minimum Gasteiger partial charge on any atom is -1.00 e. The monoisotopic (exact) mass is 270 g/mol. The van der Waals surface area contributed by atoms with Gasteiger partial charge in [0.05, 0.1) is 0 Å². The van der Waals surface area contributed by atoms with Crippen molar-refractivity contribution in [2.45, 2.75) is 13.5 Å². The van der Waals surface area contributed by atoms with Crippen molar-refractivity contribution >= 4 is 0 Å². The van der Waals surface area contributed by atoms with Crippen molar-refractivity contribution in [2.75, 3.05) is 0 Å². The molecule has 0 saturated carbocycles. The molecule has 2 heterocycles. The maximum absolute atomic E-state index is 2.16. The number of halogens is 2. The fraction of sp³-hybridized carbons (Fsp3) is 0.231. The molecular formula is C13H16Cl2N2. The predicted octanol–water partition coefficient (Wildman–Crippen LogP) is -4.51. The Morgan fingerprint density at radius 1 is 0.824 bits per heavy atom. The number of hydrogen-bond acceptors (Lipinski definition) is 0. The maximum atomic E-state index is 2.16. The van der Waals surface area contributed by atoms with Crippen LogP contribution in [0.4, 0.5) is 0 Å². The Balaban J connectivity index is 0.00000128. The molecule has 0 saturated heterocycles. The van der Waals surface area contributed by atoms with Crippen LogP contribution in [0.2, 0.25) is 0 Å². The summed E-state index contributed by atoms with van der Waals surface area (Å²) in [6, 6.07) is 8.56. The van der Waals surface area contributed by atoms with E-state index in [-0.39, 0.29) is 24.8 Å². The number of hydrogen-bond donors (Lipinski definition) is 0. The third-order valence-electron chi connectivity index (χ3n) is 2.57. The Labute approximate surface area is 115 Å². The van der Waals surface area contributed by atoms with E-state index in [9.17, 15) is 0 Å². The van der Waals surface area contributed by atoms with Crippen LogP contribution in [0.5, 0.6) is 0 Å². The molecule has 0 aliphatic heterocycles. The zero-order valence-electron chi connectivity index (χ0n) is 9.98. The molecule has 2 nitrogen and oxygen atoms in total. The lowest BCUT2D eigenvalue weighted by Gasteiger charge is -1.98. The van der Waals surface area contributed by atoms with Crippen molar-refractivity contribution in [2.24, 2.45) is 7.05 Å². The standard InChI is InChI=1S/C13H16N2.2ClH/c1-3-15-10-6-13(7-11-15)12-4-8-14(2)9-5-12;;/h4-11H,3H2,1-2H3;2*1H/q+2;;/p-2. The molecule has 0 amide bonds. The number of rotatable bonds is 2. The number of pyridine rings is 2. The molecule has 92 valence electrons. The summed E-state index contributed by atoms with van der Waals surface area (Å²) in [4.78, 5) is 0. The molecule has 0 atom stereocenters. The average molecular weight is 271 g/mol. The van der Waals surface area contributed by atoms with Crippen molar-refractivity contribution in [1.29, 1.82) is 0 Å². The van der Waals surface area contributed by atoms with Crippen molar-refractivity contribution in [3.8, 4) is 11.1 Å². The van der Waals surface area contributed by atoms with Gasteiger partial charge in [-0.3, -0.25) is 0 Å². The molecule has 17 heavy (non-hydrogen) atoms. The van der Waals surface area contributed by atoms with E-state index in [0.717, 1.165) is 6.54 Å². The Morgan fingerprint density at radius 2 is 1.24 bits per heavy atom. The second kappa shape index (κ2) is 7.25. The minimum atomic E-state index is 0. The van der Waals surface area contributed by atoms with Gasteiger partial charge in [-0.15, -0.1) is 0 Å². The van der Waals surface area contributed by atoms with Gasteiger partial charge in [0.2, 0.25) is 0 Å². The van der Waals surface area contributed by atoms with E-state index < -0.39 is 0 Å². The molecule has 2 aromatic rings. The van der Waals surface area contributed by atoms with Crippen molar-refractivity contribution in [3.63, 3.8) is 0 Å².